The van der Waals surface area contributed by atoms with E-state index >= 15 is 0 Å². The standard InChI is InChI=1S/C17H21Br/c1-3-14(4-2)17(18)12-13-9-10-15-7-5-6-8-16(15)11-13/h5-11,14,17H,3-4,12H2,1-2H3. The molecule has 1 atom stereocenters. The number of alkyl halides is 1. The van der Waals surface area contributed by atoms with Crippen LogP contribution in [0.5, 0.6) is 0 Å². The predicted molar refractivity (Wildman–Crippen MR) is 84.4 cm³/mol. The third-order valence-corrected chi connectivity index (χ3v) is 4.88. The Morgan fingerprint density at radius 2 is 1.61 bits per heavy atom. The van der Waals surface area contributed by atoms with Crippen LogP contribution < -0.4 is 0 Å². The molecule has 0 saturated heterocycles. The van der Waals surface area contributed by atoms with Crippen molar-refractivity contribution in [2.45, 2.75) is 37.9 Å². The van der Waals surface area contributed by atoms with Crippen LogP contribution in [0.15, 0.2) is 42.5 Å². The van der Waals surface area contributed by atoms with Crippen LogP contribution in [0.2, 0.25) is 0 Å². The van der Waals surface area contributed by atoms with Crippen LogP contribution >= 0.6 is 15.9 Å². The summed E-state index contributed by atoms with van der Waals surface area (Å²) in [5, 5.41) is 2.68. The fourth-order valence-electron chi connectivity index (χ4n) is 2.56. The molecule has 0 fully saturated rings. The molecule has 0 aliphatic carbocycles. The minimum absolute atomic E-state index is 0.591. The normalized spacial score (nSPS) is 13.1. The van der Waals surface area contributed by atoms with E-state index in [-0.39, 0.29) is 0 Å². The Balaban J connectivity index is 2.16. The highest BCUT2D eigenvalue weighted by atomic mass is 79.9. The first-order valence-corrected chi connectivity index (χ1v) is 7.78. The van der Waals surface area contributed by atoms with Gasteiger partial charge in [-0.15, -0.1) is 0 Å². The second-order valence-electron chi connectivity index (χ2n) is 4.98. The molecule has 0 N–H and O–H groups in total. The third-order valence-electron chi connectivity index (χ3n) is 3.80. The fraction of sp³-hybridized carbons (Fsp3) is 0.412. The molecule has 96 valence electrons. The first kappa shape index (κ1) is 13.6. The lowest BCUT2D eigenvalue weighted by atomic mass is 9.94. The Bertz CT molecular complexity index is 500. The molecule has 18 heavy (non-hydrogen) atoms. The minimum Gasteiger partial charge on any atom is -0.0884 e. The van der Waals surface area contributed by atoms with Crippen molar-refractivity contribution >= 4 is 26.7 Å². The van der Waals surface area contributed by atoms with Crippen LogP contribution in [-0.4, -0.2) is 4.83 Å². The second-order valence-corrected chi connectivity index (χ2v) is 6.15. The maximum Gasteiger partial charge on any atom is 0.0214 e. The zero-order chi connectivity index (χ0) is 13.0. The third kappa shape index (κ3) is 3.14. The molecule has 0 aromatic heterocycles. The van der Waals surface area contributed by atoms with Gasteiger partial charge in [0, 0.05) is 4.83 Å². The lowest BCUT2D eigenvalue weighted by molar-refractivity contribution is 0.475. The highest BCUT2D eigenvalue weighted by Crippen LogP contribution is 2.25. The summed E-state index contributed by atoms with van der Waals surface area (Å²) >= 11 is 3.87. The van der Waals surface area contributed by atoms with Crippen molar-refractivity contribution in [1.29, 1.82) is 0 Å². The van der Waals surface area contributed by atoms with Gasteiger partial charge in [-0.05, 0) is 28.7 Å². The Morgan fingerprint density at radius 1 is 0.944 bits per heavy atom. The average Bonchev–Trinajstić information content (AvgIpc) is 2.40. The first-order valence-electron chi connectivity index (χ1n) is 6.86. The van der Waals surface area contributed by atoms with E-state index < -0.39 is 0 Å². The van der Waals surface area contributed by atoms with E-state index in [9.17, 15) is 0 Å². The van der Waals surface area contributed by atoms with Crippen molar-refractivity contribution in [2.75, 3.05) is 0 Å². The highest BCUT2D eigenvalue weighted by molar-refractivity contribution is 9.09. The van der Waals surface area contributed by atoms with Crippen LogP contribution in [-0.2, 0) is 6.42 Å². The van der Waals surface area contributed by atoms with Gasteiger partial charge in [-0.3, -0.25) is 0 Å². The highest BCUT2D eigenvalue weighted by Gasteiger charge is 2.15. The number of hydrogen-bond donors (Lipinski definition) is 0. The number of benzene rings is 2. The topological polar surface area (TPSA) is 0 Å². The Kier molecular flexibility index (Phi) is 4.82. The molecule has 0 aliphatic heterocycles. The molecule has 2 rings (SSSR count). The average molecular weight is 305 g/mol. The van der Waals surface area contributed by atoms with Crippen molar-refractivity contribution in [3.63, 3.8) is 0 Å². The molecule has 0 aliphatic rings. The van der Waals surface area contributed by atoms with E-state index in [1.807, 2.05) is 0 Å². The van der Waals surface area contributed by atoms with Gasteiger partial charge in [-0.25, -0.2) is 0 Å². The van der Waals surface area contributed by atoms with Gasteiger partial charge < -0.3 is 0 Å². The molecule has 1 unspecified atom stereocenters. The first-order chi connectivity index (χ1) is 8.74. The molecule has 2 aromatic rings. The molecule has 0 bridgehead atoms. The molecule has 2 aromatic carbocycles. The zero-order valence-corrected chi connectivity index (χ0v) is 12.8. The van der Waals surface area contributed by atoms with E-state index in [4.69, 9.17) is 0 Å². The van der Waals surface area contributed by atoms with Gasteiger partial charge in [-0.2, -0.15) is 0 Å². The van der Waals surface area contributed by atoms with Crippen LogP contribution in [0.1, 0.15) is 32.3 Å². The van der Waals surface area contributed by atoms with E-state index in [2.05, 4.69) is 72.2 Å². The Hall–Kier alpha value is -0.820. The van der Waals surface area contributed by atoms with Gasteiger partial charge in [0.05, 0.1) is 0 Å². The number of rotatable bonds is 5. The number of fused-ring (bicyclic) bond motifs is 1. The summed E-state index contributed by atoms with van der Waals surface area (Å²) in [4.78, 5) is 0.591. The predicted octanol–water partition coefficient (Wildman–Crippen LogP) is 5.58. The van der Waals surface area contributed by atoms with Crippen LogP contribution in [0.4, 0.5) is 0 Å². The van der Waals surface area contributed by atoms with Gasteiger partial charge in [0.2, 0.25) is 0 Å². The van der Waals surface area contributed by atoms with Crippen LogP contribution in [0.3, 0.4) is 0 Å². The van der Waals surface area contributed by atoms with Crippen molar-refractivity contribution < 1.29 is 0 Å². The summed E-state index contributed by atoms with van der Waals surface area (Å²) in [6.45, 7) is 4.56. The van der Waals surface area contributed by atoms with Crippen molar-refractivity contribution in [2.24, 2.45) is 5.92 Å². The Morgan fingerprint density at radius 3 is 2.28 bits per heavy atom. The lowest BCUT2D eigenvalue weighted by Crippen LogP contribution is -2.15. The smallest absolute Gasteiger partial charge is 0.0214 e. The lowest BCUT2D eigenvalue weighted by Gasteiger charge is -2.19. The summed E-state index contributed by atoms with van der Waals surface area (Å²) in [5.41, 5.74) is 1.43. The van der Waals surface area contributed by atoms with Gasteiger partial charge in [0.25, 0.3) is 0 Å². The van der Waals surface area contributed by atoms with Crippen LogP contribution in [0.25, 0.3) is 10.8 Å². The van der Waals surface area contributed by atoms with E-state index in [0.29, 0.717) is 4.83 Å². The van der Waals surface area contributed by atoms with E-state index in [1.54, 1.807) is 0 Å². The molecule has 0 radical (unpaired) electrons. The summed E-state index contributed by atoms with van der Waals surface area (Å²) < 4.78 is 0. The maximum absolute atomic E-state index is 3.87. The van der Waals surface area contributed by atoms with Crippen molar-refractivity contribution in [1.82, 2.24) is 0 Å². The van der Waals surface area contributed by atoms with Crippen molar-refractivity contribution in [3.05, 3.63) is 48.0 Å². The fourth-order valence-corrected chi connectivity index (χ4v) is 3.68. The maximum atomic E-state index is 3.87. The van der Waals surface area contributed by atoms with Gasteiger partial charge >= 0.3 is 0 Å². The zero-order valence-electron chi connectivity index (χ0n) is 11.2. The molecular formula is C17H21Br. The van der Waals surface area contributed by atoms with Gasteiger partial charge in [0.15, 0.2) is 0 Å². The molecule has 0 saturated carbocycles. The summed E-state index contributed by atoms with van der Waals surface area (Å²) in [6.07, 6.45) is 3.62. The number of hydrogen-bond acceptors (Lipinski definition) is 0. The molecule has 0 amide bonds. The quantitative estimate of drug-likeness (QED) is 0.632. The largest absolute Gasteiger partial charge is 0.0884 e. The molecule has 0 spiro atoms. The van der Waals surface area contributed by atoms with E-state index in [0.717, 1.165) is 12.3 Å². The SMILES string of the molecule is CCC(CC)C(Br)Cc1ccc2ccccc2c1. The van der Waals surface area contributed by atoms with Gasteiger partial charge in [0.1, 0.15) is 0 Å². The summed E-state index contributed by atoms with van der Waals surface area (Å²) in [7, 11) is 0. The van der Waals surface area contributed by atoms with E-state index in [1.165, 1.54) is 29.2 Å². The Labute approximate surface area is 119 Å². The monoisotopic (exact) mass is 304 g/mol. The molecular weight excluding hydrogens is 284 g/mol. The summed E-state index contributed by atoms with van der Waals surface area (Å²) in [5.74, 6) is 0.775. The number of halogens is 1. The van der Waals surface area contributed by atoms with Gasteiger partial charge in [-0.1, -0.05) is 85.1 Å². The molecule has 0 nitrogen and oxygen atoms in total. The second kappa shape index (κ2) is 6.38. The minimum atomic E-state index is 0.591. The van der Waals surface area contributed by atoms with Crippen molar-refractivity contribution in [3.8, 4) is 0 Å². The van der Waals surface area contributed by atoms with Crippen LogP contribution in [0, 0.1) is 5.92 Å². The molecule has 1 heteroatoms. The molecule has 0 heterocycles. The summed E-state index contributed by atoms with van der Waals surface area (Å²) in [6, 6.07) is 15.4.